The molecule has 11 heteroatoms. The normalized spacial score (nSPS) is 11.2. The molecule has 0 aliphatic rings. The summed E-state index contributed by atoms with van der Waals surface area (Å²) in [5, 5.41) is 2.69. The van der Waals surface area contributed by atoms with E-state index < -0.39 is 40.6 Å². The zero-order valence-electron chi connectivity index (χ0n) is 14.9. The molecule has 4 aromatic rings. The maximum absolute atomic E-state index is 13.8. The van der Waals surface area contributed by atoms with Gasteiger partial charge in [-0.15, -0.1) is 0 Å². The van der Waals surface area contributed by atoms with Crippen molar-refractivity contribution in [3.63, 3.8) is 0 Å². The van der Waals surface area contributed by atoms with Crippen molar-refractivity contribution in [3.8, 4) is 11.5 Å². The van der Waals surface area contributed by atoms with Crippen LogP contribution in [0.25, 0.3) is 22.6 Å². The second-order valence-electron chi connectivity index (χ2n) is 6.23. The van der Waals surface area contributed by atoms with E-state index in [0.717, 1.165) is 0 Å². The van der Waals surface area contributed by atoms with E-state index in [9.17, 15) is 26.7 Å². The standard InChI is InChI=1S/C20H7Cl2F5N2O2/c21-8-5-10(22)18-11(6-8)29-20(31-18)7-1-3-9(4-2-7)28-19(30)12-13(23)15(25)17(27)16(26)14(12)24/h1-6H,(H,28,30). The minimum Gasteiger partial charge on any atom is -0.435 e. The van der Waals surface area contributed by atoms with Crippen LogP contribution in [0.2, 0.25) is 10.0 Å². The molecule has 158 valence electrons. The Morgan fingerprint density at radius 3 is 2.06 bits per heavy atom. The lowest BCUT2D eigenvalue weighted by molar-refractivity contribution is 0.101. The molecule has 1 N–H and O–H groups in total. The summed E-state index contributed by atoms with van der Waals surface area (Å²) in [6.07, 6.45) is 0. The van der Waals surface area contributed by atoms with Gasteiger partial charge in [0.05, 0.1) is 5.02 Å². The summed E-state index contributed by atoms with van der Waals surface area (Å²) in [4.78, 5) is 16.4. The van der Waals surface area contributed by atoms with Crippen molar-refractivity contribution >= 4 is 45.9 Å². The fourth-order valence-electron chi connectivity index (χ4n) is 2.78. The fraction of sp³-hybridized carbons (Fsp3) is 0. The third-order valence-corrected chi connectivity index (χ3v) is 4.74. The lowest BCUT2D eigenvalue weighted by atomic mass is 10.1. The molecular formula is C20H7Cl2F5N2O2. The average molecular weight is 473 g/mol. The highest BCUT2D eigenvalue weighted by molar-refractivity contribution is 6.38. The van der Waals surface area contributed by atoms with Gasteiger partial charge in [-0.1, -0.05) is 23.2 Å². The van der Waals surface area contributed by atoms with Gasteiger partial charge < -0.3 is 9.73 Å². The van der Waals surface area contributed by atoms with Crippen LogP contribution in [-0.4, -0.2) is 10.9 Å². The van der Waals surface area contributed by atoms with Crippen molar-refractivity contribution in [1.82, 2.24) is 4.98 Å². The molecule has 0 saturated carbocycles. The third kappa shape index (κ3) is 3.70. The summed E-state index contributed by atoms with van der Waals surface area (Å²) < 4.78 is 72.9. The molecule has 0 atom stereocenters. The van der Waals surface area contributed by atoms with Gasteiger partial charge in [0.15, 0.2) is 28.9 Å². The largest absolute Gasteiger partial charge is 0.435 e. The molecule has 1 heterocycles. The highest BCUT2D eigenvalue weighted by atomic mass is 35.5. The number of halogens is 7. The van der Waals surface area contributed by atoms with Gasteiger partial charge in [0.1, 0.15) is 11.1 Å². The number of carbonyl (C=O) groups excluding carboxylic acids is 1. The number of benzene rings is 3. The average Bonchev–Trinajstić information content (AvgIpc) is 3.16. The number of rotatable bonds is 3. The molecular weight excluding hydrogens is 466 g/mol. The van der Waals surface area contributed by atoms with Crippen molar-refractivity contribution < 1.29 is 31.2 Å². The highest BCUT2D eigenvalue weighted by Crippen LogP contribution is 2.32. The van der Waals surface area contributed by atoms with Gasteiger partial charge in [-0.2, -0.15) is 0 Å². The van der Waals surface area contributed by atoms with Gasteiger partial charge in [0.25, 0.3) is 5.91 Å². The first-order valence-corrected chi connectivity index (χ1v) is 9.11. The minimum absolute atomic E-state index is 0.0230. The van der Waals surface area contributed by atoms with E-state index in [1.54, 1.807) is 6.07 Å². The number of aromatic nitrogens is 1. The molecule has 0 bridgehead atoms. The molecule has 0 spiro atoms. The second-order valence-corrected chi connectivity index (χ2v) is 7.07. The number of oxazole rings is 1. The molecule has 1 amide bonds. The van der Waals surface area contributed by atoms with Crippen LogP contribution in [0.5, 0.6) is 0 Å². The van der Waals surface area contributed by atoms with Crippen molar-refractivity contribution in [2.45, 2.75) is 0 Å². The molecule has 4 nitrogen and oxygen atoms in total. The van der Waals surface area contributed by atoms with E-state index in [4.69, 9.17) is 27.6 Å². The molecule has 4 rings (SSSR count). The van der Waals surface area contributed by atoms with Crippen LogP contribution in [-0.2, 0) is 0 Å². The van der Waals surface area contributed by atoms with Gasteiger partial charge in [0, 0.05) is 16.3 Å². The maximum Gasteiger partial charge on any atom is 0.261 e. The van der Waals surface area contributed by atoms with E-state index in [1.807, 2.05) is 0 Å². The highest BCUT2D eigenvalue weighted by Gasteiger charge is 2.29. The zero-order chi connectivity index (χ0) is 22.4. The zero-order valence-corrected chi connectivity index (χ0v) is 16.4. The third-order valence-electron chi connectivity index (χ3n) is 4.24. The lowest BCUT2D eigenvalue weighted by Crippen LogP contribution is -2.19. The topological polar surface area (TPSA) is 55.1 Å². The summed E-state index contributed by atoms with van der Waals surface area (Å²) >= 11 is 12.0. The van der Waals surface area contributed by atoms with E-state index in [-0.39, 0.29) is 16.6 Å². The molecule has 0 aliphatic heterocycles. The van der Waals surface area contributed by atoms with E-state index >= 15 is 0 Å². The Morgan fingerprint density at radius 1 is 0.871 bits per heavy atom. The molecule has 0 fully saturated rings. The second kappa shape index (κ2) is 7.82. The molecule has 3 aromatic carbocycles. The fourth-order valence-corrected chi connectivity index (χ4v) is 3.30. The first-order valence-electron chi connectivity index (χ1n) is 8.36. The smallest absolute Gasteiger partial charge is 0.261 e. The number of anilines is 1. The number of nitrogens with one attached hydrogen (secondary N) is 1. The van der Waals surface area contributed by atoms with Crippen LogP contribution in [0.15, 0.2) is 40.8 Å². The number of fused-ring (bicyclic) bond motifs is 1. The van der Waals surface area contributed by atoms with Gasteiger partial charge >= 0.3 is 0 Å². The van der Waals surface area contributed by atoms with Crippen LogP contribution in [0, 0.1) is 29.1 Å². The minimum atomic E-state index is -2.35. The van der Waals surface area contributed by atoms with Gasteiger partial charge in [-0.3, -0.25) is 4.79 Å². The number of amides is 1. The van der Waals surface area contributed by atoms with Crippen molar-refractivity contribution in [3.05, 3.63) is 81.1 Å². The van der Waals surface area contributed by atoms with Crippen molar-refractivity contribution in [2.75, 3.05) is 5.32 Å². The Morgan fingerprint density at radius 2 is 1.45 bits per heavy atom. The Kier molecular flexibility index (Phi) is 5.32. The monoisotopic (exact) mass is 472 g/mol. The summed E-state index contributed by atoms with van der Waals surface area (Å²) in [6, 6.07) is 8.58. The molecule has 31 heavy (non-hydrogen) atoms. The Bertz CT molecular complexity index is 1330. The van der Waals surface area contributed by atoms with Crippen LogP contribution in [0.3, 0.4) is 0 Å². The molecule has 0 unspecified atom stereocenters. The number of hydrogen-bond donors (Lipinski definition) is 1. The predicted octanol–water partition coefficient (Wildman–Crippen LogP) is 6.75. The van der Waals surface area contributed by atoms with Gasteiger partial charge in [-0.25, -0.2) is 26.9 Å². The molecule has 0 aliphatic carbocycles. The Balaban J connectivity index is 1.61. The van der Waals surface area contributed by atoms with E-state index in [0.29, 0.717) is 21.7 Å². The van der Waals surface area contributed by atoms with Crippen molar-refractivity contribution in [2.24, 2.45) is 0 Å². The maximum atomic E-state index is 13.8. The van der Waals surface area contributed by atoms with Gasteiger partial charge in [0.2, 0.25) is 11.7 Å². The SMILES string of the molecule is O=C(Nc1ccc(-c2nc3cc(Cl)cc(Cl)c3o2)cc1)c1c(F)c(F)c(F)c(F)c1F. The van der Waals surface area contributed by atoms with Crippen LogP contribution in [0.1, 0.15) is 10.4 Å². The summed E-state index contributed by atoms with van der Waals surface area (Å²) in [5.41, 5.74) is -0.389. The Hall–Kier alpha value is -3.17. The summed E-state index contributed by atoms with van der Waals surface area (Å²) in [7, 11) is 0. The number of carbonyl (C=O) groups is 1. The van der Waals surface area contributed by atoms with Crippen LogP contribution < -0.4 is 5.32 Å². The molecule has 0 saturated heterocycles. The first-order chi connectivity index (χ1) is 14.7. The summed E-state index contributed by atoms with van der Waals surface area (Å²) in [5.74, 6) is -12.6. The first kappa shape index (κ1) is 21.1. The van der Waals surface area contributed by atoms with Crippen LogP contribution in [0.4, 0.5) is 27.6 Å². The van der Waals surface area contributed by atoms with Gasteiger partial charge in [-0.05, 0) is 36.4 Å². The van der Waals surface area contributed by atoms with Crippen LogP contribution >= 0.6 is 23.2 Å². The van der Waals surface area contributed by atoms with Crippen molar-refractivity contribution in [1.29, 1.82) is 0 Å². The number of hydrogen-bond acceptors (Lipinski definition) is 3. The predicted molar refractivity (Wildman–Crippen MR) is 104 cm³/mol. The summed E-state index contributed by atoms with van der Waals surface area (Å²) in [6.45, 7) is 0. The molecule has 1 aromatic heterocycles. The number of nitrogens with zero attached hydrogens (tertiary/aromatic N) is 1. The van der Waals surface area contributed by atoms with E-state index in [1.165, 1.54) is 30.3 Å². The molecule has 0 radical (unpaired) electrons. The quantitative estimate of drug-likeness (QED) is 0.204. The van der Waals surface area contributed by atoms with E-state index in [2.05, 4.69) is 10.3 Å². The Labute approximate surface area is 180 Å². The lowest BCUT2D eigenvalue weighted by Gasteiger charge is -2.09.